The number of nitrogens with two attached hydrogens (primary N) is 1. The Labute approximate surface area is 107 Å². The van der Waals surface area contributed by atoms with Crippen molar-refractivity contribution in [3.8, 4) is 0 Å². The third-order valence-electron chi connectivity index (χ3n) is 4.11. The molecule has 1 aromatic carbocycles. The summed E-state index contributed by atoms with van der Waals surface area (Å²) in [7, 11) is 0. The van der Waals surface area contributed by atoms with Crippen LogP contribution in [-0.2, 0) is 0 Å². The number of rotatable bonds is 3. The highest BCUT2D eigenvalue weighted by Crippen LogP contribution is 2.41. The summed E-state index contributed by atoms with van der Waals surface area (Å²) in [6.45, 7) is 2.60. The molecule has 2 rings (SSSR count). The molecule has 0 aliphatic carbocycles. The second kappa shape index (κ2) is 4.98. The largest absolute Gasteiger partial charge is 0.465 e. The van der Waals surface area contributed by atoms with Crippen LogP contribution in [0.2, 0.25) is 0 Å². The van der Waals surface area contributed by atoms with Crippen molar-refractivity contribution in [3.05, 3.63) is 35.9 Å². The van der Waals surface area contributed by atoms with E-state index >= 15 is 0 Å². The van der Waals surface area contributed by atoms with E-state index in [1.807, 2.05) is 37.3 Å². The maximum absolute atomic E-state index is 11.4. The summed E-state index contributed by atoms with van der Waals surface area (Å²) in [6.07, 6.45) is 1.61. The molecular weight excluding hydrogens is 228 g/mol. The van der Waals surface area contributed by atoms with E-state index in [1.54, 1.807) is 0 Å². The lowest BCUT2D eigenvalue weighted by molar-refractivity contribution is 0.0838. The zero-order valence-corrected chi connectivity index (χ0v) is 10.7. The predicted octanol–water partition coefficient (Wildman–Crippen LogP) is 2.61. The van der Waals surface area contributed by atoms with Crippen LogP contribution in [0.1, 0.15) is 37.8 Å². The van der Waals surface area contributed by atoms with Crippen molar-refractivity contribution in [3.63, 3.8) is 0 Å². The van der Waals surface area contributed by atoms with Gasteiger partial charge in [0.25, 0.3) is 0 Å². The smallest absolute Gasteiger partial charge is 0.407 e. The van der Waals surface area contributed by atoms with Gasteiger partial charge in [-0.2, -0.15) is 0 Å². The van der Waals surface area contributed by atoms with Gasteiger partial charge in [0.1, 0.15) is 0 Å². The lowest BCUT2D eigenvalue weighted by atomic mass is 9.81. The Bertz CT molecular complexity index is 421. The van der Waals surface area contributed by atoms with Gasteiger partial charge in [0, 0.05) is 6.54 Å². The molecule has 1 aliphatic rings. The first-order valence-corrected chi connectivity index (χ1v) is 6.43. The molecule has 18 heavy (non-hydrogen) atoms. The quantitative estimate of drug-likeness (QED) is 0.864. The van der Waals surface area contributed by atoms with E-state index < -0.39 is 11.6 Å². The molecule has 1 aliphatic heterocycles. The molecular formula is C14H20N2O2. The van der Waals surface area contributed by atoms with Gasteiger partial charge < -0.3 is 15.7 Å². The van der Waals surface area contributed by atoms with Crippen molar-refractivity contribution in [2.75, 3.05) is 6.54 Å². The lowest BCUT2D eigenvalue weighted by Crippen LogP contribution is -2.53. The van der Waals surface area contributed by atoms with Gasteiger partial charge >= 0.3 is 6.09 Å². The molecule has 0 radical (unpaired) electrons. The van der Waals surface area contributed by atoms with Crippen molar-refractivity contribution >= 4 is 6.09 Å². The summed E-state index contributed by atoms with van der Waals surface area (Å²) in [4.78, 5) is 12.9. The number of hydrogen-bond donors (Lipinski definition) is 2. The molecule has 4 heteroatoms. The number of benzene rings is 1. The Morgan fingerprint density at radius 3 is 2.72 bits per heavy atom. The minimum absolute atomic E-state index is 0.262. The molecule has 1 heterocycles. The van der Waals surface area contributed by atoms with Gasteiger partial charge in [0.2, 0.25) is 0 Å². The van der Waals surface area contributed by atoms with E-state index in [-0.39, 0.29) is 6.04 Å². The van der Waals surface area contributed by atoms with Gasteiger partial charge in [-0.25, -0.2) is 4.79 Å². The average Bonchev–Trinajstić information content (AvgIpc) is 2.84. The number of hydrogen-bond acceptors (Lipinski definition) is 2. The van der Waals surface area contributed by atoms with Crippen molar-refractivity contribution in [2.45, 2.75) is 37.8 Å². The van der Waals surface area contributed by atoms with Crippen LogP contribution in [0.5, 0.6) is 0 Å². The summed E-state index contributed by atoms with van der Waals surface area (Å²) in [6, 6.07) is 9.51. The normalized spacial score (nSPS) is 25.1. The molecule has 0 spiro atoms. The molecule has 0 bridgehead atoms. The Hall–Kier alpha value is -1.55. The van der Waals surface area contributed by atoms with E-state index in [0.717, 1.165) is 24.8 Å². The molecule has 4 nitrogen and oxygen atoms in total. The van der Waals surface area contributed by atoms with Gasteiger partial charge in [-0.05, 0) is 24.8 Å². The Morgan fingerprint density at radius 1 is 1.50 bits per heavy atom. The Morgan fingerprint density at radius 2 is 2.17 bits per heavy atom. The molecule has 0 saturated carbocycles. The minimum Gasteiger partial charge on any atom is -0.465 e. The van der Waals surface area contributed by atoms with Crippen LogP contribution >= 0.6 is 0 Å². The van der Waals surface area contributed by atoms with Crippen molar-refractivity contribution in [1.82, 2.24) is 4.90 Å². The maximum Gasteiger partial charge on any atom is 0.407 e. The third kappa shape index (κ3) is 1.97. The molecule has 1 aromatic rings. The minimum atomic E-state index is -0.860. The van der Waals surface area contributed by atoms with Gasteiger partial charge in [-0.3, -0.25) is 0 Å². The van der Waals surface area contributed by atoms with Crippen LogP contribution in [0.4, 0.5) is 4.79 Å². The molecule has 1 amide bonds. The van der Waals surface area contributed by atoms with E-state index in [1.165, 1.54) is 4.90 Å². The SMILES string of the molecule is CCC1([C@@H](N)c2ccccc2)CCCN1C(=O)O. The molecule has 1 unspecified atom stereocenters. The molecule has 1 saturated heterocycles. The number of carboxylic acid groups (broad SMARTS) is 1. The van der Waals surface area contributed by atoms with E-state index in [2.05, 4.69) is 0 Å². The van der Waals surface area contributed by atoms with E-state index in [4.69, 9.17) is 5.73 Å². The molecule has 98 valence electrons. The zero-order chi connectivity index (χ0) is 13.2. The predicted molar refractivity (Wildman–Crippen MR) is 70.4 cm³/mol. The van der Waals surface area contributed by atoms with Crippen LogP contribution in [0.25, 0.3) is 0 Å². The second-order valence-corrected chi connectivity index (χ2v) is 4.88. The summed E-state index contributed by atoms with van der Waals surface area (Å²) in [5.41, 5.74) is 6.92. The first kappa shape index (κ1) is 12.9. The zero-order valence-electron chi connectivity index (χ0n) is 10.7. The Balaban J connectivity index is 2.35. The van der Waals surface area contributed by atoms with Gasteiger partial charge in [0.05, 0.1) is 11.6 Å². The number of nitrogens with zero attached hydrogens (tertiary/aromatic N) is 1. The van der Waals surface area contributed by atoms with Crippen LogP contribution < -0.4 is 5.73 Å². The van der Waals surface area contributed by atoms with Crippen LogP contribution in [0, 0.1) is 0 Å². The highest BCUT2D eigenvalue weighted by Gasteiger charge is 2.47. The van der Waals surface area contributed by atoms with E-state index in [0.29, 0.717) is 6.54 Å². The fourth-order valence-corrected chi connectivity index (χ4v) is 3.07. The topological polar surface area (TPSA) is 66.6 Å². The highest BCUT2D eigenvalue weighted by molar-refractivity contribution is 5.67. The van der Waals surface area contributed by atoms with Crippen molar-refractivity contribution in [2.24, 2.45) is 5.73 Å². The number of amides is 1. The summed E-state index contributed by atoms with van der Waals surface area (Å²) in [5.74, 6) is 0. The van der Waals surface area contributed by atoms with E-state index in [9.17, 15) is 9.90 Å². The molecule has 2 atom stereocenters. The first-order valence-electron chi connectivity index (χ1n) is 6.43. The van der Waals surface area contributed by atoms with Crippen LogP contribution in [0.15, 0.2) is 30.3 Å². The van der Waals surface area contributed by atoms with Crippen molar-refractivity contribution in [1.29, 1.82) is 0 Å². The van der Waals surface area contributed by atoms with Gasteiger partial charge in [-0.1, -0.05) is 37.3 Å². The highest BCUT2D eigenvalue weighted by atomic mass is 16.4. The van der Waals surface area contributed by atoms with Crippen molar-refractivity contribution < 1.29 is 9.90 Å². The van der Waals surface area contributed by atoms with Crippen LogP contribution in [0.3, 0.4) is 0 Å². The standard InChI is InChI=1S/C14H20N2O2/c1-2-14(9-6-10-16(14)13(17)18)12(15)11-7-4-3-5-8-11/h3-5,7-8,12H,2,6,9-10,15H2,1H3,(H,17,18)/t12-,14?/m0/s1. The summed E-state index contributed by atoms with van der Waals surface area (Å²) < 4.78 is 0. The Kier molecular flexibility index (Phi) is 3.57. The summed E-state index contributed by atoms with van der Waals surface area (Å²) in [5, 5.41) is 9.35. The fraction of sp³-hybridized carbons (Fsp3) is 0.500. The lowest BCUT2D eigenvalue weighted by Gasteiger charge is -2.41. The molecule has 0 aromatic heterocycles. The first-order chi connectivity index (χ1) is 8.62. The monoisotopic (exact) mass is 248 g/mol. The fourth-order valence-electron chi connectivity index (χ4n) is 3.07. The van der Waals surface area contributed by atoms with Gasteiger partial charge in [-0.15, -0.1) is 0 Å². The maximum atomic E-state index is 11.4. The second-order valence-electron chi connectivity index (χ2n) is 4.88. The number of carbonyl (C=O) groups is 1. The third-order valence-corrected chi connectivity index (χ3v) is 4.11. The van der Waals surface area contributed by atoms with Gasteiger partial charge in [0.15, 0.2) is 0 Å². The summed E-state index contributed by atoms with van der Waals surface area (Å²) >= 11 is 0. The number of likely N-dealkylation sites (tertiary alicyclic amines) is 1. The molecule has 3 N–H and O–H groups in total. The van der Waals surface area contributed by atoms with Crippen LogP contribution in [-0.4, -0.2) is 28.2 Å². The average molecular weight is 248 g/mol. The molecule has 1 fully saturated rings.